The van der Waals surface area contributed by atoms with Crippen molar-refractivity contribution in [3.05, 3.63) is 82.0 Å². The lowest BCUT2D eigenvalue weighted by molar-refractivity contribution is -0.115. The van der Waals surface area contributed by atoms with Crippen molar-refractivity contribution in [3.63, 3.8) is 0 Å². The summed E-state index contributed by atoms with van der Waals surface area (Å²) >= 11 is 2.62. The van der Waals surface area contributed by atoms with Gasteiger partial charge in [0, 0.05) is 18.8 Å². The molecule has 1 N–H and O–H groups in total. The Hall–Kier alpha value is -3.10. The van der Waals surface area contributed by atoms with Gasteiger partial charge in [0.2, 0.25) is 5.91 Å². The van der Waals surface area contributed by atoms with Gasteiger partial charge in [-0.3, -0.25) is 14.2 Å². The van der Waals surface area contributed by atoms with Gasteiger partial charge in [0.25, 0.3) is 5.56 Å². The summed E-state index contributed by atoms with van der Waals surface area (Å²) in [6.45, 7) is 0. The first-order valence-electron chi connectivity index (χ1n) is 9.17. The van der Waals surface area contributed by atoms with Crippen molar-refractivity contribution in [2.24, 2.45) is 7.05 Å². The zero-order valence-electron chi connectivity index (χ0n) is 16.4. The molecule has 0 fully saturated rings. The largest absolute Gasteiger partial charge is 0.497 e. The molecule has 0 saturated carbocycles. The predicted octanol–water partition coefficient (Wildman–Crippen LogP) is 4.48. The molecule has 0 aliphatic carbocycles. The molecule has 30 heavy (non-hydrogen) atoms. The second-order valence-electron chi connectivity index (χ2n) is 6.52. The molecule has 0 bridgehead atoms. The van der Waals surface area contributed by atoms with Crippen LogP contribution in [0, 0.1) is 0 Å². The van der Waals surface area contributed by atoms with Crippen LogP contribution in [0.1, 0.15) is 10.8 Å². The third kappa shape index (κ3) is 4.10. The molecule has 152 valence electrons. The molecule has 0 aliphatic heterocycles. The molecule has 0 spiro atoms. The fourth-order valence-electron chi connectivity index (χ4n) is 2.99. The maximum absolute atomic E-state index is 13.2. The van der Waals surface area contributed by atoms with E-state index in [1.54, 1.807) is 26.3 Å². The molecule has 2 aromatic heterocycles. The van der Waals surface area contributed by atoms with Crippen molar-refractivity contribution >= 4 is 44.9 Å². The number of methoxy groups -OCH3 is 1. The number of rotatable bonds is 6. The molecule has 0 radical (unpaired) electrons. The van der Waals surface area contributed by atoms with E-state index in [1.807, 2.05) is 53.9 Å². The van der Waals surface area contributed by atoms with E-state index in [9.17, 15) is 9.59 Å². The number of thiophene rings is 1. The standard InChI is InChI=1S/C22H19N3O3S2/c1-25-21(27)19-17(11-12-29-19)24-22(25)30-18(14-7-4-3-5-8-14)20(26)23-15-9-6-10-16(13-15)28-2/h3-13,18H,1-2H3,(H,23,26). The number of carbonyl (C=O) groups is 1. The topological polar surface area (TPSA) is 73.2 Å². The molecule has 8 heteroatoms. The lowest BCUT2D eigenvalue weighted by atomic mass is 10.1. The Kier molecular flexibility index (Phi) is 5.87. The Labute approximate surface area is 181 Å². The summed E-state index contributed by atoms with van der Waals surface area (Å²) in [6, 6.07) is 18.5. The summed E-state index contributed by atoms with van der Waals surface area (Å²) in [5.74, 6) is 0.447. The van der Waals surface area contributed by atoms with E-state index in [0.29, 0.717) is 26.8 Å². The van der Waals surface area contributed by atoms with Crippen LogP contribution in [0.3, 0.4) is 0 Å². The maximum atomic E-state index is 13.2. The highest BCUT2D eigenvalue weighted by Gasteiger charge is 2.25. The minimum Gasteiger partial charge on any atom is -0.497 e. The van der Waals surface area contributed by atoms with Gasteiger partial charge < -0.3 is 10.1 Å². The van der Waals surface area contributed by atoms with E-state index in [2.05, 4.69) is 10.3 Å². The second-order valence-corrected chi connectivity index (χ2v) is 8.51. The average molecular weight is 438 g/mol. The van der Waals surface area contributed by atoms with Crippen LogP contribution in [-0.4, -0.2) is 22.6 Å². The summed E-state index contributed by atoms with van der Waals surface area (Å²) in [4.78, 5) is 30.5. The minimum absolute atomic E-state index is 0.113. The molecular formula is C22H19N3O3S2. The average Bonchev–Trinajstić information content (AvgIpc) is 3.24. The van der Waals surface area contributed by atoms with Gasteiger partial charge in [-0.2, -0.15) is 0 Å². The molecule has 4 aromatic rings. The van der Waals surface area contributed by atoms with Gasteiger partial charge in [0.05, 0.1) is 12.6 Å². The van der Waals surface area contributed by atoms with Gasteiger partial charge in [0.15, 0.2) is 5.16 Å². The number of thioether (sulfide) groups is 1. The fourth-order valence-corrected chi connectivity index (χ4v) is 4.86. The van der Waals surface area contributed by atoms with Crippen LogP contribution >= 0.6 is 23.1 Å². The molecular weight excluding hydrogens is 418 g/mol. The number of carbonyl (C=O) groups excluding carboxylic acids is 1. The molecule has 2 aromatic carbocycles. The number of nitrogens with zero attached hydrogens (tertiary/aromatic N) is 2. The molecule has 6 nitrogen and oxygen atoms in total. The van der Waals surface area contributed by atoms with Crippen LogP contribution in [0.2, 0.25) is 0 Å². The van der Waals surface area contributed by atoms with Gasteiger partial charge in [0.1, 0.15) is 15.7 Å². The van der Waals surface area contributed by atoms with E-state index in [1.165, 1.54) is 27.7 Å². The van der Waals surface area contributed by atoms with Crippen LogP contribution in [0.15, 0.2) is 76.0 Å². The van der Waals surface area contributed by atoms with E-state index in [4.69, 9.17) is 4.74 Å². The Morgan fingerprint density at radius 3 is 2.73 bits per heavy atom. The van der Waals surface area contributed by atoms with Crippen LogP contribution in [0.5, 0.6) is 5.75 Å². The van der Waals surface area contributed by atoms with Crippen molar-refractivity contribution in [2.45, 2.75) is 10.4 Å². The molecule has 2 heterocycles. The SMILES string of the molecule is COc1cccc(NC(=O)C(Sc2nc3ccsc3c(=O)n2C)c2ccccc2)c1. The first kappa shape index (κ1) is 20.2. The van der Waals surface area contributed by atoms with Gasteiger partial charge in [-0.05, 0) is 29.1 Å². The summed E-state index contributed by atoms with van der Waals surface area (Å²) < 4.78 is 7.34. The van der Waals surface area contributed by atoms with Crippen LogP contribution in [0.25, 0.3) is 10.2 Å². The van der Waals surface area contributed by atoms with Crippen LogP contribution in [0.4, 0.5) is 5.69 Å². The number of nitrogens with one attached hydrogen (secondary N) is 1. The molecule has 0 aliphatic rings. The lowest BCUT2D eigenvalue weighted by Gasteiger charge is -2.18. The first-order valence-corrected chi connectivity index (χ1v) is 10.9. The zero-order chi connectivity index (χ0) is 21.1. The Bertz CT molecular complexity index is 1250. The number of anilines is 1. The van der Waals surface area contributed by atoms with Crippen LogP contribution < -0.4 is 15.6 Å². The predicted molar refractivity (Wildman–Crippen MR) is 122 cm³/mol. The van der Waals surface area contributed by atoms with E-state index in [-0.39, 0.29) is 11.5 Å². The van der Waals surface area contributed by atoms with Gasteiger partial charge in [-0.15, -0.1) is 11.3 Å². The quantitative estimate of drug-likeness (QED) is 0.356. The summed E-state index contributed by atoms with van der Waals surface area (Å²) in [6.07, 6.45) is 0. The van der Waals surface area contributed by atoms with E-state index >= 15 is 0 Å². The number of hydrogen-bond donors (Lipinski definition) is 1. The van der Waals surface area contributed by atoms with E-state index in [0.717, 1.165) is 5.56 Å². The summed E-state index contributed by atoms with van der Waals surface area (Å²) in [5.41, 5.74) is 1.99. The lowest BCUT2D eigenvalue weighted by Crippen LogP contribution is -2.23. The molecule has 0 saturated heterocycles. The van der Waals surface area contributed by atoms with Gasteiger partial charge in [-0.25, -0.2) is 4.98 Å². The zero-order valence-corrected chi connectivity index (χ0v) is 18.0. The third-order valence-electron chi connectivity index (χ3n) is 4.55. The van der Waals surface area contributed by atoms with E-state index < -0.39 is 5.25 Å². The smallest absolute Gasteiger partial charge is 0.271 e. The molecule has 4 rings (SSSR count). The summed E-state index contributed by atoms with van der Waals surface area (Å²) in [5, 5.41) is 4.69. The maximum Gasteiger partial charge on any atom is 0.271 e. The Morgan fingerprint density at radius 2 is 1.97 bits per heavy atom. The number of benzene rings is 2. The van der Waals surface area contributed by atoms with Crippen molar-refractivity contribution in [1.29, 1.82) is 0 Å². The van der Waals surface area contributed by atoms with Crippen molar-refractivity contribution in [3.8, 4) is 5.75 Å². The normalized spacial score (nSPS) is 11.9. The number of fused-ring (bicyclic) bond motifs is 1. The second kappa shape index (κ2) is 8.73. The fraction of sp³-hybridized carbons (Fsp3) is 0.136. The van der Waals surface area contributed by atoms with Gasteiger partial charge >= 0.3 is 0 Å². The summed E-state index contributed by atoms with van der Waals surface area (Å²) in [7, 11) is 3.26. The Balaban J connectivity index is 1.69. The highest BCUT2D eigenvalue weighted by atomic mass is 32.2. The molecule has 1 unspecified atom stereocenters. The third-order valence-corrected chi connectivity index (χ3v) is 6.74. The molecule has 1 atom stereocenters. The highest BCUT2D eigenvalue weighted by molar-refractivity contribution is 8.00. The van der Waals surface area contributed by atoms with Crippen molar-refractivity contribution < 1.29 is 9.53 Å². The van der Waals surface area contributed by atoms with Crippen LogP contribution in [-0.2, 0) is 11.8 Å². The number of amides is 1. The van der Waals surface area contributed by atoms with Crippen molar-refractivity contribution in [1.82, 2.24) is 9.55 Å². The number of ether oxygens (including phenoxy) is 1. The Morgan fingerprint density at radius 1 is 1.17 bits per heavy atom. The number of hydrogen-bond acceptors (Lipinski definition) is 6. The molecule has 1 amide bonds. The monoisotopic (exact) mass is 437 g/mol. The first-order chi connectivity index (χ1) is 14.6. The van der Waals surface area contributed by atoms with Crippen molar-refractivity contribution in [2.75, 3.05) is 12.4 Å². The number of aromatic nitrogens is 2. The minimum atomic E-state index is -0.591. The highest BCUT2D eigenvalue weighted by Crippen LogP contribution is 2.35. The van der Waals surface area contributed by atoms with Gasteiger partial charge in [-0.1, -0.05) is 48.2 Å².